The fourth-order valence-corrected chi connectivity index (χ4v) is 1.61. The summed E-state index contributed by atoms with van der Waals surface area (Å²) in [5, 5.41) is 41.7. The molecule has 0 radical (unpaired) electrons. The Hall–Kier alpha value is -3.45. The summed E-state index contributed by atoms with van der Waals surface area (Å²) in [6, 6.07) is 7.69. The molecule has 0 amide bonds. The molecule has 2 unspecified atom stereocenters. The summed E-state index contributed by atoms with van der Waals surface area (Å²) in [6.45, 7) is 29.9. The average Bonchev–Trinajstić information content (AvgIpc) is 2.85. The minimum Gasteiger partial charge on any atom is -0.387 e. The Morgan fingerprint density at radius 3 is 1.28 bits per heavy atom. The molecule has 200 valence electrons. The third-order valence-corrected chi connectivity index (χ3v) is 4.25. The molecule has 0 aliphatic carbocycles. The third-order valence-electron chi connectivity index (χ3n) is 4.25. The van der Waals surface area contributed by atoms with E-state index in [0.717, 1.165) is 18.3 Å². The summed E-state index contributed by atoms with van der Waals surface area (Å²) < 4.78 is 0. The van der Waals surface area contributed by atoms with Gasteiger partial charge in [0.15, 0.2) is 0 Å². The van der Waals surface area contributed by atoms with Crippen LogP contribution in [0.25, 0.3) is 0 Å². The van der Waals surface area contributed by atoms with E-state index in [2.05, 4.69) is 59.6 Å². The molecule has 36 heavy (non-hydrogen) atoms. The van der Waals surface area contributed by atoms with Gasteiger partial charge < -0.3 is 9.90 Å². The van der Waals surface area contributed by atoms with Crippen molar-refractivity contribution in [3.05, 3.63) is 48.6 Å². The van der Waals surface area contributed by atoms with Crippen LogP contribution in [0.15, 0.2) is 48.6 Å². The molecule has 0 aromatic carbocycles. The zero-order valence-corrected chi connectivity index (χ0v) is 24.2. The number of rotatable bonds is 7. The monoisotopic (exact) mass is 496 g/mol. The first-order valence-electron chi connectivity index (χ1n) is 12.0. The van der Waals surface area contributed by atoms with Crippen molar-refractivity contribution in [1.29, 1.82) is 21.0 Å². The molecule has 0 fully saturated rings. The van der Waals surface area contributed by atoms with Gasteiger partial charge in [0.1, 0.15) is 6.29 Å². The topological polar surface area (TPSA) is 132 Å². The fraction of sp³-hybridized carbons (Fsp3) is 0.567. The summed E-state index contributed by atoms with van der Waals surface area (Å²) >= 11 is 0. The number of hydrogen-bond donors (Lipinski definition) is 1. The Bertz CT molecular complexity index is 772. The minimum atomic E-state index is -0.671. The first kappa shape index (κ1) is 42.7. The smallest absolute Gasteiger partial charge is 0.122 e. The van der Waals surface area contributed by atoms with Gasteiger partial charge in [0, 0.05) is 23.1 Å². The van der Waals surface area contributed by atoms with E-state index in [1.54, 1.807) is 12.1 Å². The van der Waals surface area contributed by atoms with Crippen molar-refractivity contribution in [3.63, 3.8) is 0 Å². The Morgan fingerprint density at radius 1 is 0.806 bits per heavy atom. The molecule has 1 N–H and O–H groups in total. The molecule has 6 heteroatoms. The van der Waals surface area contributed by atoms with Crippen molar-refractivity contribution >= 4 is 6.29 Å². The summed E-state index contributed by atoms with van der Waals surface area (Å²) in [4.78, 5) is 9.50. The van der Waals surface area contributed by atoms with Gasteiger partial charge in [-0.1, -0.05) is 95.1 Å². The van der Waals surface area contributed by atoms with Gasteiger partial charge in [-0.2, -0.15) is 21.0 Å². The van der Waals surface area contributed by atoms with Gasteiger partial charge in [0.25, 0.3) is 0 Å². The lowest BCUT2D eigenvalue weighted by atomic mass is 9.92. The van der Waals surface area contributed by atoms with Crippen LogP contribution in [0, 0.1) is 74.9 Å². The zero-order chi connectivity index (χ0) is 29.9. The number of nitriles is 4. The van der Waals surface area contributed by atoms with Crippen LogP contribution in [-0.2, 0) is 4.79 Å². The lowest BCUT2D eigenvalue weighted by molar-refractivity contribution is -0.110. The second kappa shape index (κ2) is 29.6. The number of carbonyl (C=O) groups excluding carboxylic acids is 1. The Balaban J connectivity index is -0.000000115. The van der Waals surface area contributed by atoms with Gasteiger partial charge in [0.2, 0.25) is 0 Å². The highest BCUT2D eigenvalue weighted by Crippen LogP contribution is 2.16. The van der Waals surface area contributed by atoms with E-state index in [4.69, 9.17) is 26.2 Å². The first-order chi connectivity index (χ1) is 16.6. The van der Waals surface area contributed by atoms with Crippen LogP contribution in [0.4, 0.5) is 0 Å². The maximum atomic E-state index is 9.50. The van der Waals surface area contributed by atoms with Crippen LogP contribution < -0.4 is 0 Å². The molecule has 0 saturated carbocycles. The summed E-state index contributed by atoms with van der Waals surface area (Å²) in [6.07, 6.45) is 4.28. The summed E-state index contributed by atoms with van der Waals surface area (Å²) in [7, 11) is 0. The highest BCUT2D eigenvalue weighted by molar-refractivity contribution is 5.51. The number of allylic oxidation sites excluding steroid dienone is 4. The predicted molar refractivity (Wildman–Crippen MR) is 150 cm³/mol. The van der Waals surface area contributed by atoms with Crippen molar-refractivity contribution in [2.24, 2.45) is 29.6 Å². The lowest BCUT2D eigenvalue weighted by Crippen LogP contribution is -2.15. The van der Waals surface area contributed by atoms with Crippen molar-refractivity contribution in [3.8, 4) is 24.3 Å². The van der Waals surface area contributed by atoms with Gasteiger partial charge in [-0.25, -0.2) is 0 Å². The highest BCUT2D eigenvalue weighted by Gasteiger charge is 2.11. The number of aldehydes is 1. The minimum absolute atomic E-state index is 0.0807. The van der Waals surface area contributed by atoms with Crippen LogP contribution in [0.5, 0.6) is 0 Å². The number of aliphatic hydroxyl groups excluding tert-OH is 1. The highest BCUT2D eigenvalue weighted by atomic mass is 16.3. The van der Waals surface area contributed by atoms with Crippen LogP contribution in [0.1, 0.15) is 75.7 Å². The van der Waals surface area contributed by atoms with Gasteiger partial charge in [-0.15, -0.1) is 0 Å². The van der Waals surface area contributed by atoms with E-state index < -0.39 is 6.10 Å². The molecule has 0 aliphatic rings. The standard InChI is InChI=1S/2C8H13N.C7H11NO.C4H8O.C3H3N/c1-6(2)8(4)7(3)5-9;1-4-8(6-9)5-7(2)3;1-5(2)7(9)6(3)4-8;1-4(2)3-5;1-2-3-4/h6,8H,3H2,1-2,4H3;5,7H,4H2,1-3H3;5,7,9H,3H2,1-2H3;3-4H,1-2H3;2H,1H2. The van der Waals surface area contributed by atoms with Crippen LogP contribution in [0.3, 0.4) is 0 Å². The van der Waals surface area contributed by atoms with Crippen LogP contribution in [-0.4, -0.2) is 17.5 Å². The van der Waals surface area contributed by atoms with E-state index >= 15 is 0 Å². The first-order valence-corrected chi connectivity index (χ1v) is 12.0. The second-order valence-corrected chi connectivity index (χ2v) is 9.11. The van der Waals surface area contributed by atoms with E-state index in [-0.39, 0.29) is 17.4 Å². The predicted octanol–water partition coefficient (Wildman–Crippen LogP) is 7.48. The maximum absolute atomic E-state index is 9.50. The number of carbonyl (C=O) groups is 1. The zero-order valence-electron chi connectivity index (χ0n) is 24.2. The molecule has 0 rings (SSSR count). The Kier molecular flexibility index (Phi) is 35.1. The maximum Gasteiger partial charge on any atom is 0.122 e. The largest absolute Gasteiger partial charge is 0.387 e. The molecule has 0 saturated heterocycles. The van der Waals surface area contributed by atoms with Crippen molar-refractivity contribution in [1.82, 2.24) is 0 Å². The van der Waals surface area contributed by atoms with Crippen molar-refractivity contribution in [2.75, 3.05) is 0 Å². The molecule has 6 nitrogen and oxygen atoms in total. The Labute approximate surface area is 221 Å². The SMILES string of the molecule is C=C(C#N)C(C)C(C)C.C=C(C#N)C(O)C(C)C.C=CC#N.CC(C)C=O.CCC(C#N)=CC(C)C. The number of aliphatic hydroxyl groups is 1. The van der Waals surface area contributed by atoms with E-state index in [1.807, 2.05) is 47.6 Å². The number of nitrogens with zero attached hydrogens (tertiary/aromatic N) is 4. The molecule has 0 aromatic heterocycles. The summed E-state index contributed by atoms with van der Waals surface area (Å²) in [5.41, 5.74) is 1.82. The average molecular weight is 497 g/mol. The van der Waals surface area contributed by atoms with E-state index in [1.165, 1.54) is 6.08 Å². The second-order valence-electron chi connectivity index (χ2n) is 9.11. The van der Waals surface area contributed by atoms with Gasteiger partial charge in [0.05, 0.1) is 36.0 Å². The van der Waals surface area contributed by atoms with E-state index in [9.17, 15) is 4.79 Å². The third kappa shape index (κ3) is 35.1. The number of hydrogen-bond acceptors (Lipinski definition) is 6. The van der Waals surface area contributed by atoms with Crippen LogP contribution in [0.2, 0.25) is 0 Å². The molecule has 0 bridgehead atoms. The van der Waals surface area contributed by atoms with Crippen molar-refractivity contribution in [2.45, 2.75) is 81.8 Å². The Morgan fingerprint density at radius 2 is 1.19 bits per heavy atom. The molecular weight excluding hydrogens is 448 g/mol. The fourth-order valence-electron chi connectivity index (χ4n) is 1.61. The van der Waals surface area contributed by atoms with Crippen molar-refractivity contribution < 1.29 is 9.90 Å². The van der Waals surface area contributed by atoms with E-state index in [0.29, 0.717) is 23.3 Å². The quantitative estimate of drug-likeness (QED) is 0.287. The molecule has 2 atom stereocenters. The van der Waals surface area contributed by atoms with Crippen LogP contribution >= 0.6 is 0 Å². The normalized spacial score (nSPS) is 10.9. The van der Waals surface area contributed by atoms with Gasteiger partial charge in [-0.3, -0.25) is 0 Å². The molecular formula is C30H48N4O2. The summed E-state index contributed by atoms with van der Waals surface area (Å²) in [5.74, 6) is 1.64. The van der Waals surface area contributed by atoms with Gasteiger partial charge >= 0.3 is 0 Å². The molecule has 0 spiro atoms. The van der Waals surface area contributed by atoms with Gasteiger partial charge in [-0.05, 0) is 30.1 Å². The molecule has 0 aromatic rings. The molecule has 0 aliphatic heterocycles. The lowest BCUT2D eigenvalue weighted by Gasteiger charge is -2.11. The molecule has 0 heterocycles.